The zero-order valence-electron chi connectivity index (χ0n) is 18.3. The van der Waals surface area contributed by atoms with E-state index in [4.69, 9.17) is 0 Å². The highest BCUT2D eigenvalue weighted by Crippen LogP contribution is 2.45. The number of hydrogen-bond donors (Lipinski definition) is 1. The molecule has 4 rings (SSSR count). The first-order valence-corrected chi connectivity index (χ1v) is 10.6. The van der Waals surface area contributed by atoms with Crippen molar-refractivity contribution in [2.75, 3.05) is 32.7 Å². The van der Waals surface area contributed by atoms with Gasteiger partial charge in [-0.05, 0) is 38.0 Å². The Balaban J connectivity index is 1.33. The van der Waals surface area contributed by atoms with Gasteiger partial charge in [-0.2, -0.15) is 13.2 Å². The number of halogens is 5. The second kappa shape index (κ2) is 7.96. The van der Waals surface area contributed by atoms with Crippen molar-refractivity contribution in [1.82, 2.24) is 20.2 Å². The van der Waals surface area contributed by atoms with Crippen LogP contribution in [0.1, 0.15) is 25.8 Å². The number of nitrogens with one attached hydrogen (secondary N) is 1. The lowest BCUT2D eigenvalue weighted by atomic mass is 9.77. The summed E-state index contributed by atoms with van der Waals surface area (Å²) in [5, 5.41) is 1.58. The third-order valence-corrected chi connectivity index (χ3v) is 6.64. The monoisotopic (exact) mass is 472 g/mol. The van der Waals surface area contributed by atoms with E-state index in [1.165, 1.54) is 17.0 Å². The quantitative estimate of drug-likeness (QED) is 0.685. The van der Waals surface area contributed by atoms with E-state index in [9.17, 15) is 31.5 Å². The fourth-order valence-electron chi connectivity index (χ4n) is 4.59. The van der Waals surface area contributed by atoms with Gasteiger partial charge in [-0.1, -0.05) is 0 Å². The number of carbonyl (C=O) groups is 2. The molecule has 1 spiro atoms. The smallest absolute Gasteiger partial charge is 0.341 e. The van der Waals surface area contributed by atoms with Crippen LogP contribution in [0.3, 0.4) is 0 Å². The highest BCUT2D eigenvalue weighted by atomic mass is 19.4. The third kappa shape index (κ3) is 4.42. The molecule has 6 nitrogen and oxygen atoms in total. The van der Waals surface area contributed by atoms with Crippen LogP contribution in [-0.4, -0.2) is 65.5 Å². The molecule has 0 bridgehead atoms. The van der Waals surface area contributed by atoms with Crippen LogP contribution in [0.15, 0.2) is 30.0 Å². The lowest BCUT2D eigenvalue weighted by Crippen LogP contribution is -2.63. The molecule has 33 heavy (non-hydrogen) atoms. The molecule has 180 valence electrons. The molecule has 0 radical (unpaired) electrons. The highest BCUT2D eigenvalue weighted by molar-refractivity contribution is 5.94. The molecule has 0 atom stereocenters. The standard InChI is InChI=1S/C22H25F5N4O2/c1-20(2,22(25,26)27)19(33)30-12-21(13-30)3-4-29(11-21)18(32)15-8-28-31(10-15)9-14-5-16(23)7-17(24)6-14/h5-7,10,28H,3-4,8-9,11-13H2,1-2H3. The number of rotatable bonds is 4. The van der Waals surface area contributed by atoms with Crippen molar-refractivity contribution in [3.05, 3.63) is 47.2 Å². The molecule has 2 saturated heterocycles. The molecule has 0 aliphatic carbocycles. The Bertz CT molecular complexity index is 981. The first kappa shape index (κ1) is 23.5. The Morgan fingerprint density at radius 1 is 1.03 bits per heavy atom. The Hall–Kier alpha value is -2.69. The second-order valence-electron chi connectivity index (χ2n) is 9.66. The number of likely N-dealkylation sites (tertiary alicyclic amines) is 2. The average Bonchev–Trinajstić information content (AvgIpc) is 3.31. The van der Waals surface area contributed by atoms with Gasteiger partial charge in [0.1, 0.15) is 17.0 Å². The number of alkyl halides is 3. The number of hydrogen-bond acceptors (Lipinski definition) is 4. The van der Waals surface area contributed by atoms with E-state index in [-0.39, 0.29) is 37.5 Å². The van der Waals surface area contributed by atoms with E-state index >= 15 is 0 Å². The van der Waals surface area contributed by atoms with Crippen LogP contribution in [0.5, 0.6) is 0 Å². The zero-order chi connectivity index (χ0) is 24.2. The first-order valence-electron chi connectivity index (χ1n) is 10.6. The number of amides is 2. The van der Waals surface area contributed by atoms with Gasteiger partial charge in [0, 0.05) is 50.4 Å². The van der Waals surface area contributed by atoms with Crippen LogP contribution in [0.2, 0.25) is 0 Å². The van der Waals surface area contributed by atoms with Crippen molar-refractivity contribution < 1.29 is 31.5 Å². The van der Waals surface area contributed by atoms with Crippen molar-refractivity contribution in [2.45, 2.75) is 33.0 Å². The van der Waals surface area contributed by atoms with E-state index in [1.54, 1.807) is 16.1 Å². The summed E-state index contributed by atoms with van der Waals surface area (Å²) in [6, 6.07) is 3.22. The molecule has 3 heterocycles. The van der Waals surface area contributed by atoms with Crippen molar-refractivity contribution in [1.29, 1.82) is 0 Å². The highest BCUT2D eigenvalue weighted by Gasteiger charge is 2.59. The summed E-state index contributed by atoms with van der Waals surface area (Å²) in [4.78, 5) is 28.1. The van der Waals surface area contributed by atoms with E-state index in [2.05, 4.69) is 5.43 Å². The summed E-state index contributed by atoms with van der Waals surface area (Å²) in [6.07, 6.45) is -2.42. The predicted octanol–water partition coefficient (Wildman–Crippen LogP) is 2.82. The largest absolute Gasteiger partial charge is 0.402 e. The van der Waals surface area contributed by atoms with Crippen LogP contribution in [0, 0.1) is 22.5 Å². The molecule has 0 saturated carbocycles. The van der Waals surface area contributed by atoms with Gasteiger partial charge in [0.25, 0.3) is 5.91 Å². The summed E-state index contributed by atoms with van der Waals surface area (Å²) in [7, 11) is 0. The summed E-state index contributed by atoms with van der Waals surface area (Å²) in [5.41, 5.74) is 1.05. The fraction of sp³-hybridized carbons (Fsp3) is 0.545. The zero-order valence-corrected chi connectivity index (χ0v) is 18.3. The molecule has 11 heteroatoms. The predicted molar refractivity (Wildman–Crippen MR) is 108 cm³/mol. The first-order chi connectivity index (χ1) is 15.3. The van der Waals surface area contributed by atoms with Crippen LogP contribution in [0.4, 0.5) is 22.0 Å². The van der Waals surface area contributed by atoms with Gasteiger partial charge in [0.2, 0.25) is 5.91 Å². The van der Waals surface area contributed by atoms with Crippen LogP contribution in [-0.2, 0) is 16.1 Å². The van der Waals surface area contributed by atoms with E-state index in [0.29, 0.717) is 30.6 Å². The average molecular weight is 472 g/mol. The van der Waals surface area contributed by atoms with Crippen LogP contribution in [0.25, 0.3) is 0 Å². The Kier molecular flexibility index (Phi) is 5.66. The second-order valence-corrected chi connectivity index (χ2v) is 9.66. The summed E-state index contributed by atoms with van der Waals surface area (Å²) >= 11 is 0. The van der Waals surface area contributed by atoms with Crippen LogP contribution >= 0.6 is 0 Å². The molecule has 0 unspecified atom stereocenters. The lowest BCUT2D eigenvalue weighted by molar-refractivity contribution is -0.222. The molecule has 1 N–H and O–H groups in total. The maximum Gasteiger partial charge on any atom is 0.402 e. The maximum atomic E-state index is 13.4. The third-order valence-electron chi connectivity index (χ3n) is 6.64. The maximum absolute atomic E-state index is 13.4. The van der Waals surface area contributed by atoms with E-state index in [0.717, 1.165) is 19.9 Å². The van der Waals surface area contributed by atoms with Gasteiger partial charge in [-0.3, -0.25) is 9.59 Å². The summed E-state index contributed by atoms with van der Waals surface area (Å²) < 4.78 is 66.3. The molecule has 0 aromatic heterocycles. The Morgan fingerprint density at radius 3 is 2.24 bits per heavy atom. The fourth-order valence-corrected chi connectivity index (χ4v) is 4.59. The molecule has 1 aromatic carbocycles. The van der Waals surface area contributed by atoms with Gasteiger partial charge < -0.3 is 14.8 Å². The Morgan fingerprint density at radius 2 is 1.64 bits per heavy atom. The molecule has 2 amide bonds. The van der Waals surface area contributed by atoms with Crippen molar-refractivity contribution in [3.63, 3.8) is 0 Å². The van der Waals surface area contributed by atoms with Crippen LogP contribution < -0.4 is 5.43 Å². The lowest BCUT2D eigenvalue weighted by Gasteiger charge is -2.50. The molecule has 3 aliphatic rings. The normalized spacial score (nSPS) is 20.3. The van der Waals surface area contributed by atoms with Gasteiger partial charge in [-0.25, -0.2) is 14.2 Å². The van der Waals surface area contributed by atoms with E-state index in [1.807, 2.05) is 0 Å². The number of hydrazine groups is 1. The van der Waals surface area contributed by atoms with Crippen molar-refractivity contribution >= 4 is 11.8 Å². The number of benzene rings is 1. The van der Waals surface area contributed by atoms with Crippen molar-refractivity contribution in [2.24, 2.45) is 10.8 Å². The minimum absolute atomic E-state index is 0.168. The molecular formula is C22H25F5N4O2. The minimum atomic E-state index is -4.63. The van der Waals surface area contributed by atoms with Gasteiger partial charge in [0.05, 0.1) is 12.1 Å². The van der Waals surface area contributed by atoms with E-state index < -0.39 is 29.1 Å². The molecule has 2 fully saturated rings. The van der Waals surface area contributed by atoms with Gasteiger partial charge in [-0.15, -0.1) is 0 Å². The number of nitrogens with zero attached hydrogens (tertiary/aromatic N) is 3. The minimum Gasteiger partial charge on any atom is -0.341 e. The van der Waals surface area contributed by atoms with Crippen molar-refractivity contribution in [3.8, 4) is 0 Å². The summed E-state index contributed by atoms with van der Waals surface area (Å²) in [5.74, 6) is -2.51. The molecule has 3 aliphatic heterocycles. The summed E-state index contributed by atoms with van der Waals surface area (Å²) in [6.45, 7) is 3.41. The molecular weight excluding hydrogens is 447 g/mol. The topological polar surface area (TPSA) is 55.9 Å². The number of carbonyl (C=O) groups excluding carboxylic acids is 2. The van der Waals surface area contributed by atoms with Gasteiger partial charge >= 0.3 is 6.18 Å². The molecule has 1 aromatic rings. The Labute approximate surface area is 188 Å². The van der Waals surface area contributed by atoms with Gasteiger partial charge in [0.15, 0.2) is 0 Å². The SMILES string of the molecule is CC(C)(C(=O)N1CC2(CCN(C(=O)C3=CN(Cc4cc(F)cc(F)c4)NC3)C2)C1)C(F)(F)F.